The van der Waals surface area contributed by atoms with Gasteiger partial charge >= 0.3 is 0 Å². The highest BCUT2D eigenvalue weighted by molar-refractivity contribution is 7.13. The summed E-state index contributed by atoms with van der Waals surface area (Å²) in [6.07, 6.45) is 4.30. The summed E-state index contributed by atoms with van der Waals surface area (Å²) in [7, 11) is 0. The van der Waals surface area contributed by atoms with Crippen LogP contribution in [0, 0.1) is 12.3 Å². The van der Waals surface area contributed by atoms with Crippen molar-refractivity contribution in [3.05, 3.63) is 124 Å². The molecule has 440 valence electrons. The molecule has 3 saturated heterocycles. The van der Waals surface area contributed by atoms with E-state index in [0.29, 0.717) is 67.3 Å². The highest BCUT2D eigenvalue weighted by Gasteiger charge is 2.47. The number of hydrogen-bond donors (Lipinski definition) is 3. The lowest BCUT2D eigenvalue weighted by molar-refractivity contribution is -0.184. The number of ether oxygens (including phenoxy) is 7. The molecule has 6 atom stereocenters. The molecule has 3 fully saturated rings. The third-order valence-electron chi connectivity index (χ3n) is 14.1. The lowest BCUT2D eigenvalue weighted by Crippen LogP contribution is -2.58. The Bertz CT molecular complexity index is 2740. The number of allylic oxidation sites excluding steroid dienone is 1. The number of likely N-dealkylation sites (tertiary alicyclic amines) is 1. The number of nitrogens with one attached hydrogen (secondary N) is 2. The molecule has 0 aliphatic carbocycles. The van der Waals surface area contributed by atoms with E-state index in [1.165, 1.54) is 4.90 Å². The first-order chi connectivity index (χ1) is 38.9. The second-order valence-corrected chi connectivity index (χ2v) is 22.8. The summed E-state index contributed by atoms with van der Waals surface area (Å²) in [6.45, 7) is 19.5. The van der Waals surface area contributed by atoms with Crippen molar-refractivity contribution < 1.29 is 57.4 Å². The van der Waals surface area contributed by atoms with E-state index >= 15 is 0 Å². The van der Waals surface area contributed by atoms with Crippen LogP contribution in [-0.2, 0) is 53.4 Å². The zero-order valence-corrected chi connectivity index (χ0v) is 49.4. The van der Waals surface area contributed by atoms with Crippen LogP contribution in [0.15, 0.2) is 97.3 Å². The third-order valence-corrected chi connectivity index (χ3v) is 15.6. The molecule has 0 radical (unpaired) electrons. The van der Waals surface area contributed by atoms with E-state index in [-0.39, 0.29) is 89.8 Å². The molecule has 4 aromatic rings. The Hall–Kier alpha value is -5.65. The van der Waals surface area contributed by atoms with Crippen molar-refractivity contribution >= 4 is 63.9 Å². The van der Waals surface area contributed by atoms with Crippen LogP contribution in [0.4, 0.5) is 5.69 Å². The topological polar surface area (TPSA) is 203 Å². The summed E-state index contributed by atoms with van der Waals surface area (Å²) in [4.78, 5) is 66.4. The number of nitrogens with zero attached hydrogens (tertiary/aromatic N) is 5. The predicted octanol–water partition coefficient (Wildman–Crippen LogP) is 7.14. The number of amides is 4. The van der Waals surface area contributed by atoms with Crippen LogP contribution in [0.3, 0.4) is 0 Å². The van der Waals surface area contributed by atoms with Crippen LogP contribution in [0.5, 0.6) is 5.75 Å². The Morgan fingerprint density at radius 3 is 2.21 bits per heavy atom. The number of benzene rings is 3. The number of carbonyl (C=O) groups is 4. The molecule has 4 heterocycles. The van der Waals surface area contributed by atoms with Gasteiger partial charge in [-0.15, -0.1) is 11.3 Å². The maximum absolute atomic E-state index is 14.0. The fourth-order valence-corrected chi connectivity index (χ4v) is 11.1. The molecule has 22 heteroatoms. The van der Waals surface area contributed by atoms with E-state index in [9.17, 15) is 24.3 Å². The number of halogens is 2. The average molecular weight is 1180 g/mol. The lowest BCUT2D eigenvalue weighted by Gasteiger charge is -2.36. The van der Waals surface area contributed by atoms with Crippen LogP contribution in [0.2, 0.25) is 10.0 Å². The highest BCUT2D eigenvalue weighted by atomic mass is 35.5. The van der Waals surface area contributed by atoms with E-state index in [1.54, 1.807) is 34.6 Å². The number of hydrogen-bond acceptors (Lipinski definition) is 16. The zero-order valence-electron chi connectivity index (χ0n) is 47.1. The largest absolute Gasteiger partial charge is 0.491 e. The van der Waals surface area contributed by atoms with Gasteiger partial charge in [-0.05, 0) is 86.1 Å². The number of piperazine rings is 1. The van der Waals surface area contributed by atoms with Crippen molar-refractivity contribution in [1.82, 2.24) is 30.3 Å². The number of aliphatic hydroxyl groups excluding tert-OH is 1. The average Bonchev–Trinajstić information content (AvgIpc) is 4.41. The molecule has 7 rings (SSSR count). The van der Waals surface area contributed by atoms with Gasteiger partial charge in [-0.2, -0.15) is 0 Å². The summed E-state index contributed by atoms with van der Waals surface area (Å²) < 4.78 is 41.4. The molecule has 3 aromatic carbocycles. The van der Waals surface area contributed by atoms with Gasteiger partial charge in [0.1, 0.15) is 43.8 Å². The minimum Gasteiger partial charge on any atom is -0.491 e. The zero-order chi connectivity index (χ0) is 58.1. The summed E-state index contributed by atoms with van der Waals surface area (Å²) in [5, 5.41) is 17.4. The molecule has 3 N–H and O–H groups in total. The second kappa shape index (κ2) is 30.1. The Kier molecular flexibility index (Phi) is 23.4. The fraction of sp³-hybridized carbons (Fsp3) is 0.508. The number of aliphatic hydroxyl groups is 1. The molecule has 4 unspecified atom stereocenters. The quantitative estimate of drug-likeness (QED) is 0.0484. The molecule has 81 heavy (non-hydrogen) atoms. The Morgan fingerprint density at radius 2 is 1.59 bits per heavy atom. The first-order valence-corrected chi connectivity index (χ1v) is 28.9. The van der Waals surface area contributed by atoms with Gasteiger partial charge in [0.15, 0.2) is 0 Å². The summed E-state index contributed by atoms with van der Waals surface area (Å²) in [5.41, 5.74) is 5.67. The number of rotatable bonds is 28. The third kappa shape index (κ3) is 17.7. The van der Waals surface area contributed by atoms with Gasteiger partial charge < -0.3 is 68.5 Å². The van der Waals surface area contributed by atoms with E-state index in [4.69, 9.17) is 56.4 Å². The van der Waals surface area contributed by atoms with Crippen LogP contribution in [-0.4, -0.2) is 178 Å². The van der Waals surface area contributed by atoms with Gasteiger partial charge in [0.25, 0.3) is 0 Å². The summed E-state index contributed by atoms with van der Waals surface area (Å²) in [6, 6.07) is 18.7. The first-order valence-electron chi connectivity index (χ1n) is 27.3. The van der Waals surface area contributed by atoms with E-state index < -0.39 is 41.2 Å². The van der Waals surface area contributed by atoms with E-state index in [1.807, 2.05) is 119 Å². The number of anilines is 1. The van der Waals surface area contributed by atoms with Crippen LogP contribution in [0.25, 0.3) is 10.4 Å². The fourth-order valence-electron chi connectivity index (χ4n) is 9.71. The van der Waals surface area contributed by atoms with Crippen molar-refractivity contribution in [2.24, 2.45) is 5.41 Å². The standard InChI is InChI=1S/C59H77Cl2N7O12S/c1-8-20-65(9-2)38-59(49-19-14-44(60)31-50(49)61)79-35-48(80-59)34-78-47-17-15-45(16-18-47)66-21-23-67(24-22-66)53(71)37-77-30-28-75-26-25-74-27-29-76-36-52(70)64-55(58(5,6)7)57(73)68-33-46(69)32-51(68)56(72)63-40(3)42-10-12-43(13-11-42)54-41(4)62-39-81-54/h8-20,31,39-40,46,48,51,55,69H,2,21-30,32-38H2,1,3-7H3,(H,63,72)(H,64,70)/b20-8-/t40?,46-,48+,51?,55?,59?/m1/s1. The molecular formula is C59H77Cl2N7O12S. The Morgan fingerprint density at radius 1 is 0.926 bits per heavy atom. The van der Waals surface area contributed by atoms with Crippen molar-refractivity contribution in [3.8, 4) is 16.2 Å². The van der Waals surface area contributed by atoms with Gasteiger partial charge in [0.05, 0.1) is 86.0 Å². The molecule has 19 nitrogen and oxygen atoms in total. The second-order valence-electron chi connectivity index (χ2n) is 21.1. The molecule has 0 bridgehead atoms. The van der Waals surface area contributed by atoms with Crippen LogP contribution >= 0.6 is 34.5 Å². The summed E-state index contributed by atoms with van der Waals surface area (Å²) in [5.74, 6) is -1.90. The molecular weight excluding hydrogens is 1100 g/mol. The Labute approximate surface area is 489 Å². The van der Waals surface area contributed by atoms with Gasteiger partial charge in [-0.25, -0.2) is 4.98 Å². The van der Waals surface area contributed by atoms with Crippen LogP contribution < -0.4 is 20.3 Å². The number of thiazole rings is 1. The van der Waals surface area contributed by atoms with Gasteiger partial charge in [0.2, 0.25) is 29.4 Å². The molecule has 3 aliphatic heterocycles. The smallest absolute Gasteiger partial charge is 0.248 e. The highest BCUT2D eigenvalue weighted by Crippen LogP contribution is 2.40. The van der Waals surface area contributed by atoms with Crippen molar-refractivity contribution in [1.29, 1.82) is 0 Å². The SMILES string of the molecule is C=CN(/C=C\C)CC1(c2ccc(Cl)cc2Cl)OC[C@H](COc2ccc(N3CCN(C(=O)COCCOCCOCCOCC(=O)NC(C(=O)N4C[C@H](O)CC4C(=O)NC(C)c4ccc(-c5scnc5C)cc4)C(C)(C)C)CC3)cc2)O1. The number of carbonyl (C=O) groups excluding carboxylic acids is 4. The predicted molar refractivity (Wildman–Crippen MR) is 311 cm³/mol. The summed E-state index contributed by atoms with van der Waals surface area (Å²) >= 11 is 14.4. The maximum atomic E-state index is 14.0. The van der Waals surface area contributed by atoms with Crippen molar-refractivity contribution in [2.45, 2.75) is 84.1 Å². The van der Waals surface area contributed by atoms with E-state index in [2.05, 4.69) is 27.1 Å². The normalized spacial score (nSPS) is 20.1. The minimum atomic E-state index is -1.16. The van der Waals surface area contributed by atoms with Crippen molar-refractivity contribution in [3.63, 3.8) is 0 Å². The van der Waals surface area contributed by atoms with Gasteiger partial charge in [-0.1, -0.05) is 87.0 Å². The molecule has 4 amide bonds. The molecule has 0 spiro atoms. The van der Waals surface area contributed by atoms with Gasteiger partial charge in [0, 0.05) is 55.4 Å². The Balaban J connectivity index is 0.719. The monoisotopic (exact) mass is 1180 g/mol. The maximum Gasteiger partial charge on any atom is 0.248 e. The first kappa shape index (κ1) is 62.9. The lowest BCUT2D eigenvalue weighted by atomic mass is 9.85. The number of aryl methyl sites for hydroxylation is 1. The van der Waals surface area contributed by atoms with Gasteiger partial charge in [-0.3, -0.25) is 19.2 Å². The molecule has 3 aliphatic rings. The van der Waals surface area contributed by atoms with Crippen LogP contribution in [0.1, 0.15) is 63.9 Å². The molecule has 0 saturated carbocycles. The molecule has 1 aromatic heterocycles. The number of aromatic nitrogens is 1. The number of β-amino-alcohol motifs (C(OH)–C–C–N with tert-alkyl or cyclic N) is 1. The van der Waals surface area contributed by atoms with Crippen molar-refractivity contribution in [2.75, 3.05) is 110 Å². The van der Waals surface area contributed by atoms with E-state index in [0.717, 1.165) is 27.4 Å². The minimum absolute atomic E-state index is 0.0338.